The summed E-state index contributed by atoms with van der Waals surface area (Å²) >= 11 is 0. The van der Waals surface area contributed by atoms with Gasteiger partial charge in [0.05, 0.1) is 10.5 Å². The largest absolute Gasteiger partial charge is 0.369 e. The van der Waals surface area contributed by atoms with Crippen LogP contribution in [0.25, 0.3) is 0 Å². The SMILES string of the molecule is CCc1ccc(NC(=O)c2cc(S(=O)(=O)N3CCN(c4cccc(C)c4C)CC3)ccc2F)cc1. The van der Waals surface area contributed by atoms with Crippen LogP contribution in [0.3, 0.4) is 0 Å². The van der Waals surface area contributed by atoms with Crippen molar-refractivity contribution in [3.8, 4) is 0 Å². The first kappa shape index (κ1) is 24.9. The molecule has 1 N–H and O–H groups in total. The lowest BCUT2D eigenvalue weighted by molar-refractivity contribution is 0.102. The fraction of sp³-hybridized carbons (Fsp3) is 0.296. The number of piperazine rings is 1. The van der Waals surface area contributed by atoms with Crippen molar-refractivity contribution in [2.45, 2.75) is 32.1 Å². The number of carbonyl (C=O) groups excluding carboxylic acids is 1. The van der Waals surface area contributed by atoms with Crippen LogP contribution in [0.15, 0.2) is 65.6 Å². The van der Waals surface area contributed by atoms with Crippen molar-refractivity contribution in [2.75, 3.05) is 36.4 Å². The number of nitrogens with zero attached hydrogens (tertiary/aromatic N) is 2. The quantitative estimate of drug-likeness (QED) is 0.535. The molecule has 0 radical (unpaired) electrons. The molecule has 8 heteroatoms. The van der Waals surface area contributed by atoms with E-state index >= 15 is 0 Å². The average molecular weight is 496 g/mol. The van der Waals surface area contributed by atoms with Crippen molar-refractivity contribution >= 4 is 27.3 Å². The van der Waals surface area contributed by atoms with Gasteiger partial charge in [-0.25, -0.2) is 12.8 Å². The van der Waals surface area contributed by atoms with Crippen molar-refractivity contribution in [3.05, 3.63) is 88.7 Å². The Bertz CT molecular complexity index is 1330. The highest BCUT2D eigenvalue weighted by Crippen LogP contribution is 2.26. The number of benzene rings is 3. The minimum Gasteiger partial charge on any atom is -0.369 e. The van der Waals surface area contributed by atoms with Gasteiger partial charge in [0.25, 0.3) is 5.91 Å². The van der Waals surface area contributed by atoms with Gasteiger partial charge in [-0.1, -0.05) is 31.2 Å². The van der Waals surface area contributed by atoms with Crippen molar-refractivity contribution in [1.82, 2.24) is 4.31 Å². The Kier molecular flexibility index (Phi) is 7.23. The lowest BCUT2D eigenvalue weighted by atomic mass is 10.1. The van der Waals surface area contributed by atoms with E-state index in [4.69, 9.17) is 0 Å². The second-order valence-corrected chi connectivity index (χ2v) is 10.7. The Labute approximate surface area is 206 Å². The fourth-order valence-electron chi connectivity index (χ4n) is 4.26. The predicted molar refractivity (Wildman–Crippen MR) is 137 cm³/mol. The van der Waals surface area contributed by atoms with Crippen LogP contribution >= 0.6 is 0 Å². The van der Waals surface area contributed by atoms with Crippen LogP contribution in [0.5, 0.6) is 0 Å². The summed E-state index contributed by atoms with van der Waals surface area (Å²) in [7, 11) is -3.88. The van der Waals surface area contributed by atoms with E-state index in [1.54, 1.807) is 12.1 Å². The van der Waals surface area contributed by atoms with E-state index in [1.807, 2.05) is 31.2 Å². The van der Waals surface area contributed by atoms with Gasteiger partial charge in [-0.3, -0.25) is 4.79 Å². The molecular formula is C27H30FN3O3S. The molecule has 3 aromatic rings. The summed E-state index contributed by atoms with van der Waals surface area (Å²) in [5, 5.41) is 2.65. The van der Waals surface area contributed by atoms with E-state index in [-0.39, 0.29) is 10.5 Å². The van der Waals surface area contributed by atoms with Gasteiger partial charge in [-0.15, -0.1) is 0 Å². The van der Waals surface area contributed by atoms with Crippen LogP contribution in [0, 0.1) is 19.7 Å². The third-order valence-corrected chi connectivity index (χ3v) is 8.49. The maximum absolute atomic E-state index is 14.5. The number of hydrogen-bond donors (Lipinski definition) is 1. The van der Waals surface area contributed by atoms with Crippen LogP contribution < -0.4 is 10.2 Å². The number of rotatable bonds is 6. The molecule has 0 saturated carbocycles. The Morgan fingerprint density at radius 2 is 1.66 bits per heavy atom. The van der Waals surface area contributed by atoms with Gasteiger partial charge in [-0.05, 0) is 73.4 Å². The maximum atomic E-state index is 14.5. The van der Waals surface area contributed by atoms with Crippen molar-refractivity contribution < 1.29 is 17.6 Å². The Morgan fingerprint density at radius 1 is 0.971 bits per heavy atom. The summed E-state index contributed by atoms with van der Waals surface area (Å²) < 4.78 is 42.5. The van der Waals surface area contributed by atoms with Gasteiger partial charge in [0.1, 0.15) is 5.82 Å². The highest BCUT2D eigenvalue weighted by Gasteiger charge is 2.30. The maximum Gasteiger partial charge on any atom is 0.258 e. The molecule has 0 bridgehead atoms. The summed E-state index contributed by atoms with van der Waals surface area (Å²) in [5.41, 5.74) is 4.80. The molecule has 0 aliphatic carbocycles. The molecule has 3 aromatic carbocycles. The van der Waals surface area contributed by atoms with Gasteiger partial charge < -0.3 is 10.2 Å². The minimum atomic E-state index is -3.88. The van der Waals surface area contributed by atoms with E-state index in [1.165, 1.54) is 21.5 Å². The lowest BCUT2D eigenvalue weighted by Gasteiger charge is -2.36. The standard InChI is InChI=1S/C27H30FN3O3S/c1-4-21-8-10-22(11-9-21)29-27(32)24-18-23(12-13-25(24)28)35(33,34)31-16-14-30(15-17-31)26-7-5-6-19(2)20(26)3/h5-13,18H,4,14-17H2,1-3H3,(H,29,32). The van der Waals surface area contributed by atoms with Crippen LogP contribution in [0.2, 0.25) is 0 Å². The van der Waals surface area contributed by atoms with Gasteiger partial charge in [-0.2, -0.15) is 4.31 Å². The summed E-state index contributed by atoms with van der Waals surface area (Å²) in [4.78, 5) is 14.8. The molecule has 0 atom stereocenters. The van der Waals surface area contributed by atoms with Gasteiger partial charge in [0.2, 0.25) is 10.0 Å². The first-order valence-corrected chi connectivity index (χ1v) is 13.2. The van der Waals surface area contributed by atoms with E-state index in [2.05, 4.69) is 30.1 Å². The van der Waals surface area contributed by atoms with Gasteiger partial charge in [0, 0.05) is 37.6 Å². The minimum absolute atomic E-state index is 0.0921. The average Bonchev–Trinajstić information content (AvgIpc) is 2.86. The molecule has 1 amide bonds. The zero-order valence-electron chi connectivity index (χ0n) is 20.2. The molecule has 1 saturated heterocycles. The highest BCUT2D eigenvalue weighted by atomic mass is 32.2. The molecule has 184 valence electrons. The summed E-state index contributed by atoms with van der Waals surface area (Å²) in [6.07, 6.45) is 0.863. The summed E-state index contributed by atoms with van der Waals surface area (Å²) in [5.74, 6) is -1.46. The molecule has 35 heavy (non-hydrogen) atoms. The molecule has 0 aromatic heterocycles. The first-order valence-electron chi connectivity index (χ1n) is 11.7. The van der Waals surface area contributed by atoms with E-state index in [9.17, 15) is 17.6 Å². The van der Waals surface area contributed by atoms with E-state index in [0.29, 0.717) is 31.9 Å². The zero-order valence-corrected chi connectivity index (χ0v) is 21.0. The molecule has 6 nitrogen and oxygen atoms in total. The molecule has 0 spiro atoms. The highest BCUT2D eigenvalue weighted by molar-refractivity contribution is 7.89. The number of hydrogen-bond acceptors (Lipinski definition) is 4. The predicted octanol–water partition coefficient (Wildman–Crippen LogP) is 4.77. The smallest absolute Gasteiger partial charge is 0.258 e. The van der Waals surface area contributed by atoms with Gasteiger partial charge in [0.15, 0.2) is 0 Å². The van der Waals surface area contributed by atoms with Crippen LogP contribution in [-0.2, 0) is 16.4 Å². The number of sulfonamides is 1. The van der Waals surface area contributed by atoms with E-state index in [0.717, 1.165) is 29.8 Å². The topological polar surface area (TPSA) is 69.7 Å². The van der Waals surface area contributed by atoms with Crippen LogP contribution in [-0.4, -0.2) is 44.8 Å². The zero-order chi connectivity index (χ0) is 25.2. The lowest BCUT2D eigenvalue weighted by Crippen LogP contribution is -2.48. The van der Waals surface area contributed by atoms with Gasteiger partial charge >= 0.3 is 0 Å². The summed E-state index contributed by atoms with van der Waals surface area (Å²) in [6, 6.07) is 16.7. The molecule has 0 unspecified atom stereocenters. The van der Waals surface area contributed by atoms with Crippen molar-refractivity contribution in [1.29, 1.82) is 0 Å². The monoisotopic (exact) mass is 495 g/mol. The second kappa shape index (κ2) is 10.2. The van der Waals surface area contributed by atoms with Crippen LogP contribution in [0.4, 0.5) is 15.8 Å². The third kappa shape index (κ3) is 5.23. The molecule has 4 rings (SSSR count). The fourth-order valence-corrected chi connectivity index (χ4v) is 5.71. The Morgan fingerprint density at radius 3 is 2.31 bits per heavy atom. The molecule has 1 fully saturated rings. The third-order valence-electron chi connectivity index (χ3n) is 6.60. The molecule has 1 heterocycles. The number of aryl methyl sites for hydroxylation is 2. The van der Waals surface area contributed by atoms with Crippen molar-refractivity contribution in [2.24, 2.45) is 0 Å². The summed E-state index contributed by atoms with van der Waals surface area (Å²) in [6.45, 7) is 7.85. The number of anilines is 2. The van der Waals surface area contributed by atoms with Crippen LogP contribution in [0.1, 0.15) is 34.0 Å². The Balaban J connectivity index is 1.50. The second-order valence-electron chi connectivity index (χ2n) is 8.76. The van der Waals surface area contributed by atoms with E-state index < -0.39 is 21.7 Å². The number of amides is 1. The normalized spacial score (nSPS) is 14.7. The molecular weight excluding hydrogens is 465 g/mol. The van der Waals surface area contributed by atoms with Crippen molar-refractivity contribution in [3.63, 3.8) is 0 Å². The first-order chi connectivity index (χ1) is 16.7. The number of nitrogens with one attached hydrogen (secondary N) is 1. The molecule has 1 aliphatic rings. The molecule has 1 aliphatic heterocycles. The Hall–Kier alpha value is -3.23. The number of halogens is 1. The number of carbonyl (C=O) groups is 1.